The number of guanidine groups is 1. The molecule has 0 aliphatic carbocycles. The predicted octanol–water partition coefficient (Wildman–Crippen LogP) is 0.803. The fourth-order valence-corrected chi connectivity index (χ4v) is 4.77. The molecule has 0 radical (unpaired) electrons. The van der Waals surface area contributed by atoms with E-state index >= 15 is 0 Å². The van der Waals surface area contributed by atoms with Crippen LogP contribution in [0.4, 0.5) is 0 Å². The first kappa shape index (κ1) is 21.8. The molecule has 2 rings (SSSR count). The summed E-state index contributed by atoms with van der Waals surface area (Å²) in [7, 11) is 1.69. The molecule has 2 fully saturated rings. The number of aliphatic imine (C=N–C) groups is 1. The van der Waals surface area contributed by atoms with Gasteiger partial charge in [-0.05, 0) is 25.5 Å². The van der Waals surface area contributed by atoms with Crippen molar-refractivity contribution in [1.82, 2.24) is 15.5 Å². The van der Waals surface area contributed by atoms with E-state index in [0.29, 0.717) is 13.2 Å². The molecule has 2 saturated heterocycles. The first-order chi connectivity index (χ1) is 12.8. The van der Waals surface area contributed by atoms with Crippen LogP contribution in [0.2, 0.25) is 0 Å². The van der Waals surface area contributed by atoms with Crippen molar-refractivity contribution in [3.63, 3.8) is 0 Å². The second-order valence-electron chi connectivity index (χ2n) is 6.71. The van der Waals surface area contributed by atoms with E-state index in [1.807, 2.05) is 0 Å². The predicted molar refractivity (Wildman–Crippen MR) is 108 cm³/mol. The lowest BCUT2D eigenvalue weighted by Crippen LogP contribution is -2.56. The molecule has 2 aliphatic rings. The number of nitrogens with zero attached hydrogens (tertiary/aromatic N) is 2. The quantitative estimate of drug-likeness (QED) is 0.308. The molecule has 2 heterocycles. The molecule has 152 valence electrons. The Kier molecular flexibility index (Phi) is 10.7. The molecular formula is C18H36N4O3S. The number of nitrogens with one attached hydrogen (secondary N) is 2. The third kappa shape index (κ3) is 7.23. The lowest BCUT2D eigenvalue weighted by Gasteiger charge is -2.42. The molecule has 7 nitrogen and oxygen atoms in total. The van der Waals surface area contributed by atoms with Crippen LogP contribution >= 0.6 is 11.8 Å². The van der Waals surface area contributed by atoms with Crippen molar-refractivity contribution in [2.24, 2.45) is 4.99 Å². The summed E-state index contributed by atoms with van der Waals surface area (Å²) < 4.78 is 16.0. The smallest absolute Gasteiger partial charge is 0.191 e. The van der Waals surface area contributed by atoms with Gasteiger partial charge in [0, 0.05) is 45.6 Å². The van der Waals surface area contributed by atoms with E-state index in [-0.39, 0.29) is 5.54 Å². The molecule has 2 N–H and O–H groups in total. The molecule has 0 saturated carbocycles. The number of rotatable bonds is 11. The zero-order valence-electron chi connectivity index (χ0n) is 16.4. The average molecular weight is 389 g/mol. The van der Waals surface area contributed by atoms with Crippen molar-refractivity contribution in [3.05, 3.63) is 0 Å². The van der Waals surface area contributed by atoms with Crippen LogP contribution in [0.15, 0.2) is 4.99 Å². The highest BCUT2D eigenvalue weighted by Gasteiger charge is 2.40. The minimum atomic E-state index is 0.195. The van der Waals surface area contributed by atoms with E-state index in [1.165, 1.54) is 17.9 Å². The van der Waals surface area contributed by atoms with Crippen LogP contribution in [0.5, 0.6) is 0 Å². The van der Waals surface area contributed by atoms with Gasteiger partial charge in [0.05, 0.1) is 38.5 Å². The Labute approximate surface area is 162 Å². The van der Waals surface area contributed by atoms with Gasteiger partial charge >= 0.3 is 0 Å². The summed E-state index contributed by atoms with van der Waals surface area (Å²) >= 11 is 2.05. The van der Waals surface area contributed by atoms with Crippen molar-refractivity contribution >= 4 is 17.7 Å². The van der Waals surface area contributed by atoms with Gasteiger partial charge in [-0.15, -0.1) is 0 Å². The molecule has 0 bridgehead atoms. The van der Waals surface area contributed by atoms with Gasteiger partial charge in [-0.2, -0.15) is 11.8 Å². The van der Waals surface area contributed by atoms with Gasteiger partial charge in [0.1, 0.15) is 0 Å². The first-order valence-corrected chi connectivity index (χ1v) is 11.0. The lowest BCUT2D eigenvalue weighted by molar-refractivity contribution is -0.0104. The Morgan fingerprint density at radius 2 is 2.08 bits per heavy atom. The van der Waals surface area contributed by atoms with Gasteiger partial charge < -0.3 is 24.8 Å². The fraction of sp³-hybridized carbons (Fsp3) is 0.944. The van der Waals surface area contributed by atoms with Crippen LogP contribution in [0.25, 0.3) is 0 Å². The Morgan fingerprint density at radius 3 is 2.77 bits per heavy atom. The number of ether oxygens (including phenoxy) is 3. The number of hydrogen-bond acceptors (Lipinski definition) is 6. The van der Waals surface area contributed by atoms with Crippen LogP contribution in [0.1, 0.15) is 19.8 Å². The molecule has 8 heteroatoms. The van der Waals surface area contributed by atoms with E-state index in [4.69, 9.17) is 19.2 Å². The highest BCUT2D eigenvalue weighted by atomic mass is 32.2. The van der Waals surface area contributed by atoms with Crippen molar-refractivity contribution < 1.29 is 14.2 Å². The maximum absolute atomic E-state index is 5.54. The van der Waals surface area contributed by atoms with Crippen molar-refractivity contribution in [3.8, 4) is 0 Å². The SMILES string of the molecule is CCNC(=NCC1(N2CCOCC2)CCSC1)NCCCOCCOC. The molecule has 0 aromatic carbocycles. The van der Waals surface area contributed by atoms with Gasteiger partial charge in [0.2, 0.25) is 0 Å². The largest absolute Gasteiger partial charge is 0.382 e. The van der Waals surface area contributed by atoms with Gasteiger partial charge in [-0.25, -0.2) is 0 Å². The maximum Gasteiger partial charge on any atom is 0.191 e. The summed E-state index contributed by atoms with van der Waals surface area (Å²) in [6, 6.07) is 0. The number of thioether (sulfide) groups is 1. The number of morpholine rings is 1. The molecule has 1 unspecified atom stereocenters. The zero-order valence-corrected chi connectivity index (χ0v) is 17.2. The van der Waals surface area contributed by atoms with Crippen molar-refractivity contribution in [2.75, 3.05) is 84.4 Å². The topological polar surface area (TPSA) is 67.4 Å². The summed E-state index contributed by atoms with van der Waals surface area (Å²) in [6.45, 7) is 10.5. The molecule has 0 aromatic heterocycles. The van der Waals surface area contributed by atoms with E-state index in [0.717, 1.165) is 64.9 Å². The summed E-state index contributed by atoms with van der Waals surface area (Å²) in [5.41, 5.74) is 0.195. The molecule has 0 amide bonds. The van der Waals surface area contributed by atoms with E-state index in [2.05, 4.69) is 34.2 Å². The van der Waals surface area contributed by atoms with Crippen LogP contribution in [0, 0.1) is 0 Å². The summed E-state index contributed by atoms with van der Waals surface area (Å²) in [5.74, 6) is 3.31. The van der Waals surface area contributed by atoms with E-state index in [9.17, 15) is 0 Å². The standard InChI is InChI=1S/C18H36N4O3S/c1-3-19-17(20-6-4-9-24-13-12-23-2)21-15-18(5-14-26-16-18)22-7-10-25-11-8-22/h3-16H2,1-2H3,(H2,19,20,21). The maximum atomic E-state index is 5.54. The highest BCUT2D eigenvalue weighted by molar-refractivity contribution is 7.99. The molecule has 1 atom stereocenters. The van der Waals surface area contributed by atoms with E-state index < -0.39 is 0 Å². The Bertz CT molecular complexity index is 400. The third-order valence-corrected chi connectivity index (χ3v) is 6.06. The molecule has 2 aliphatic heterocycles. The monoisotopic (exact) mass is 388 g/mol. The van der Waals surface area contributed by atoms with Crippen LogP contribution < -0.4 is 10.6 Å². The van der Waals surface area contributed by atoms with Gasteiger partial charge in [0.25, 0.3) is 0 Å². The molecule has 0 aromatic rings. The molecule has 26 heavy (non-hydrogen) atoms. The van der Waals surface area contributed by atoms with Gasteiger partial charge in [-0.1, -0.05) is 0 Å². The lowest BCUT2D eigenvalue weighted by atomic mass is 9.96. The minimum absolute atomic E-state index is 0.195. The first-order valence-electron chi connectivity index (χ1n) is 9.80. The van der Waals surface area contributed by atoms with E-state index in [1.54, 1.807) is 7.11 Å². The Hall–Kier alpha value is -0.540. The summed E-state index contributed by atoms with van der Waals surface area (Å²) in [6.07, 6.45) is 2.17. The average Bonchev–Trinajstić information content (AvgIpc) is 3.16. The second kappa shape index (κ2) is 12.8. The number of methoxy groups -OCH3 is 1. The zero-order chi connectivity index (χ0) is 18.5. The minimum Gasteiger partial charge on any atom is -0.382 e. The fourth-order valence-electron chi connectivity index (χ4n) is 3.30. The van der Waals surface area contributed by atoms with Crippen LogP contribution in [-0.4, -0.2) is 101 Å². The Balaban J connectivity index is 1.79. The highest BCUT2D eigenvalue weighted by Crippen LogP contribution is 2.34. The number of hydrogen-bond donors (Lipinski definition) is 2. The van der Waals surface area contributed by atoms with Crippen LogP contribution in [-0.2, 0) is 14.2 Å². The third-order valence-electron chi connectivity index (χ3n) is 4.83. The summed E-state index contributed by atoms with van der Waals surface area (Å²) in [5, 5.41) is 6.80. The molecular weight excluding hydrogens is 352 g/mol. The normalized spacial score (nSPS) is 24.8. The van der Waals surface area contributed by atoms with Crippen LogP contribution in [0.3, 0.4) is 0 Å². The van der Waals surface area contributed by atoms with Gasteiger partial charge in [0.15, 0.2) is 5.96 Å². The second-order valence-corrected chi connectivity index (χ2v) is 7.81. The summed E-state index contributed by atoms with van der Waals surface area (Å²) in [4.78, 5) is 7.53. The molecule has 0 spiro atoms. The Morgan fingerprint density at radius 1 is 1.23 bits per heavy atom. The van der Waals surface area contributed by atoms with Crippen molar-refractivity contribution in [2.45, 2.75) is 25.3 Å². The van der Waals surface area contributed by atoms with Gasteiger partial charge in [-0.3, -0.25) is 9.89 Å². The van der Waals surface area contributed by atoms with Crippen molar-refractivity contribution in [1.29, 1.82) is 0 Å².